The Bertz CT molecular complexity index is 1160. The summed E-state index contributed by atoms with van der Waals surface area (Å²) in [5.74, 6) is -0.0909. The predicted molar refractivity (Wildman–Crippen MR) is 129 cm³/mol. The van der Waals surface area contributed by atoms with E-state index >= 15 is 0 Å². The first-order valence-corrected chi connectivity index (χ1v) is 11.7. The molecule has 180 valence electrons. The number of hydrogen-bond acceptors (Lipinski definition) is 3. The van der Waals surface area contributed by atoms with Crippen LogP contribution in [0.25, 0.3) is 10.9 Å². The lowest BCUT2D eigenvalue weighted by molar-refractivity contribution is -0.140. The van der Waals surface area contributed by atoms with Gasteiger partial charge < -0.3 is 10.6 Å². The van der Waals surface area contributed by atoms with Crippen LogP contribution in [-0.4, -0.2) is 23.0 Å². The minimum absolute atomic E-state index is 0.0292. The van der Waals surface area contributed by atoms with Crippen molar-refractivity contribution in [3.63, 3.8) is 0 Å². The summed E-state index contributed by atoms with van der Waals surface area (Å²) in [6, 6.07) is 15.7. The maximum absolute atomic E-state index is 13.3. The maximum Gasteiger partial charge on any atom is 0.433 e. The molecule has 1 aliphatic rings. The third-order valence-corrected chi connectivity index (χ3v) is 6.44. The Morgan fingerprint density at radius 3 is 2.15 bits per heavy atom. The smallest absolute Gasteiger partial charge is 0.382 e. The number of fused-ring (bicyclic) bond motifs is 1. The van der Waals surface area contributed by atoms with Crippen molar-refractivity contribution in [3.8, 4) is 0 Å². The Morgan fingerprint density at radius 1 is 0.912 bits per heavy atom. The lowest BCUT2D eigenvalue weighted by atomic mass is 9.86. The third-order valence-electron chi connectivity index (χ3n) is 6.44. The molecule has 0 bridgehead atoms. The largest absolute Gasteiger partial charge is 0.433 e. The molecule has 4 rings (SSSR count). The van der Waals surface area contributed by atoms with Crippen LogP contribution in [0.15, 0.2) is 54.6 Å². The fourth-order valence-corrected chi connectivity index (χ4v) is 4.43. The lowest BCUT2D eigenvalue weighted by Gasteiger charge is -2.31. The van der Waals surface area contributed by atoms with Gasteiger partial charge in [-0.05, 0) is 60.9 Å². The third kappa shape index (κ3) is 5.51. The summed E-state index contributed by atoms with van der Waals surface area (Å²) < 4.78 is 40.0. The van der Waals surface area contributed by atoms with Crippen LogP contribution in [0, 0.1) is 0 Å². The number of pyridine rings is 1. The van der Waals surface area contributed by atoms with Crippen molar-refractivity contribution in [1.82, 2.24) is 10.3 Å². The molecule has 2 N–H and O–H groups in total. The van der Waals surface area contributed by atoms with Gasteiger partial charge in [0.05, 0.1) is 5.52 Å². The summed E-state index contributed by atoms with van der Waals surface area (Å²) in [6.45, 7) is 6.40. The van der Waals surface area contributed by atoms with E-state index in [1.807, 2.05) is 24.3 Å². The van der Waals surface area contributed by atoms with E-state index in [0.29, 0.717) is 22.2 Å². The molecule has 0 spiro atoms. The highest BCUT2D eigenvalue weighted by atomic mass is 19.4. The number of rotatable bonds is 4. The highest BCUT2D eigenvalue weighted by molar-refractivity contribution is 5.94. The number of aromatic nitrogens is 1. The normalized spacial score (nSPS) is 19.1. The van der Waals surface area contributed by atoms with Crippen LogP contribution in [0.1, 0.15) is 68.1 Å². The number of hydrogen-bond donors (Lipinski definition) is 2. The minimum atomic E-state index is -4.51. The van der Waals surface area contributed by atoms with Crippen molar-refractivity contribution < 1.29 is 18.0 Å². The van der Waals surface area contributed by atoms with Gasteiger partial charge >= 0.3 is 6.18 Å². The summed E-state index contributed by atoms with van der Waals surface area (Å²) >= 11 is 0. The maximum atomic E-state index is 13.3. The Balaban J connectivity index is 1.38. The average molecular weight is 470 g/mol. The number of anilines is 1. The first-order chi connectivity index (χ1) is 16.0. The van der Waals surface area contributed by atoms with E-state index in [-0.39, 0.29) is 23.4 Å². The number of nitrogens with one attached hydrogen (secondary N) is 2. The van der Waals surface area contributed by atoms with E-state index in [1.54, 1.807) is 24.3 Å². The lowest BCUT2D eigenvalue weighted by Crippen LogP contribution is -2.40. The summed E-state index contributed by atoms with van der Waals surface area (Å²) in [5, 5.41) is 7.09. The summed E-state index contributed by atoms with van der Waals surface area (Å²) in [7, 11) is 0. The number of nitrogens with zero attached hydrogens (tertiary/aromatic N) is 1. The van der Waals surface area contributed by atoms with Gasteiger partial charge in [-0.2, -0.15) is 13.2 Å². The first-order valence-electron chi connectivity index (χ1n) is 11.7. The van der Waals surface area contributed by atoms with Crippen LogP contribution in [-0.2, 0) is 11.6 Å². The molecule has 1 heterocycles. The SMILES string of the molecule is CC(C)(C)c1ccc(C(=O)NC2CCC(Nc3cc(C(F)(F)F)nc4ccccc34)CC2)cc1. The molecule has 1 amide bonds. The van der Waals surface area contributed by atoms with E-state index in [9.17, 15) is 18.0 Å². The standard InChI is InChI=1S/C27H30F3N3O/c1-26(2,3)18-10-8-17(9-11-18)25(34)32-20-14-12-19(13-15-20)31-23-16-24(27(28,29)30)33-22-7-5-4-6-21(22)23/h4-11,16,19-20H,12-15H2,1-3H3,(H,31,33)(H,32,34). The fraction of sp³-hybridized carbons (Fsp3) is 0.407. The molecule has 7 heteroatoms. The van der Waals surface area contributed by atoms with Crippen LogP contribution in [0.4, 0.5) is 18.9 Å². The number of carbonyl (C=O) groups excluding carboxylic acids is 1. The molecule has 3 aromatic rings. The molecule has 1 aliphatic carbocycles. The van der Waals surface area contributed by atoms with Gasteiger partial charge in [0.15, 0.2) is 0 Å². The molecule has 4 nitrogen and oxygen atoms in total. The zero-order chi connectivity index (χ0) is 24.5. The molecule has 1 fully saturated rings. The second-order valence-electron chi connectivity index (χ2n) is 10.1. The minimum Gasteiger partial charge on any atom is -0.382 e. The van der Waals surface area contributed by atoms with Crippen molar-refractivity contribution in [2.75, 3.05) is 5.32 Å². The van der Waals surface area contributed by atoms with Gasteiger partial charge in [0.1, 0.15) is 5.69 Å². The number of benzene rings is 2. The van der Waals surface area contributed by atoms with Gasteiger partial charge in [-0.1, -0.05) is 51.1 Å². The number of para-hydroxylation sites is 1. The first kappa shape index (κ1) is 24.0. The number of halogens is 3. The molecule has 0 radical (unpaired) electrons. The van der Waals surface area contributed by atoms with E-state index in [2.05, 4.69) is 36.4 Å². The van der Waals surface area contributed by atoms with E-state index in [0.717, 1.165) is 31.7 Å². The van der Waals surface area contributed by atoms with Gasteiger partial charge in [0, 0.05) is 28.7 Å². The van der Waals surface area contributed by atoms with Gasteiger partial charge in [0.25, 0.3) is 5.91 Å². The second kappa shape index (κ2) is 9.28. The quantitative estimate of drug-likeness (QED) is 0.447. The van der Waals surface area contributed by atoms with Crippen LogP contribution in [0.2, 0.25) is 0 Å². The van der Waals surface area contributed by atoms with Gasteiger partial charge in [-0.15, -0.1) is 0 Å². The molecular formula is C27H30F3N3O. The Morgan fingerprint density at radius 2 is 1.53 bits per heavy atom. The zero-order valence-electron chi connectivity index (χ0n) is 19.7. The van der Waals surface area contributed by atoms with Gasteiger partial charge in [-0.3, -0.25) is 4.79 Å². The van der Waals surface area contributed by atoms with E-state index in [1.165, 1.54) is 5.56 Å². The monoisotopic (exact) mass is 469 g/mol. The summed E-state index contributed by atoms with van der Waals surface area (Å²) in [5.41, 5.74) is 1.71. The molecule has 1 saturated carbocycles. The molecule has 0 aliphatic heterocycles. The van der Waals surface area contributed by atoms with Crippen molar-refractivity contribution in [1.29, 1.82) is 0 Å². The Kier molecular flexibility index (Phi) is 6.56. The summed E-state index contributed by atoms with van der Waals surface area (Å²) in [4.78, 5) is 16.5. The molecule has 0 unspecified atom stereocenters. The molecular weight excluding hydrogens is 439 g/mol. The number of amides is 1. The van der Waals surface area contributed by atoms with Crippen LogP contribution in [0.5, 0.6) is 0 Å². The van der Waals surface area contributed by atoms with E-state index < -0.39 is 11.9 Å². The van der Waals surface area contributed by atoms with Gasteiger partial charge in [-0.25, -0.2) is 4.98 Å². The Hall–Kier alpha value is -3.09. The van der Waals surface area contributed by atoms with Crippen molar-refractivity contribution in [2.24, 2.45) is 0 Å². The van der Waals surface area contributed by atoms with Crippen LogP contribution in [0.3, 0.4) is 0 Å². The average Bonchev–Trinajstić information content (AvgIpc) is 2.79. The van der Waals surface area contributed by atoms with E-state index in [4.69, 9.17) is 0 Å². The molecule has 2 aromatic carbocycles. The molecule has 1 aromatic heterocycles. The fourth-order valence-electron chi connectivity index (χ4n) is 4.43. The summed E-state index contributed by atoms with van der Waals surface area (Å²) in [6.07, 6.45) is -1.47. The van der Waals surface area contributed by atoms with Crippen molar-refractivity contribution >= 4 is 22.5 Å². The highest BCUT2D eigenvalue weighted by Crippen LogP contribution is 2.34. The molecule has 0 atom stereocenters. The second-order valence-corrected chi connectivity index (χ2v) is 10.1. The molecule has 0 saturated heterocycles. The predicted octanol–water partition coefficient (Wildman–Crippen LogP) is 6.70. The zero-order valence-corrected chi connectivity index (χ0v) is 19.7. The number of carbonyl (C=O) groups is 1. The molecule has 34 heavy (non-hydrogen) atoms. The van der Waals surface area contributed by atoms with Gasteiger partial charge in [0.2, 0.25) is 0 Å². The van der Waals surface area contributed by atoms with Crippen molar-refractivity contribution in [2.45, 2.75) is 70.1 Å². The topological polar surface area (TPSA) is 54.0 Å². The van der Waals surface area contributed by atoms with Crippen molar-refractivity contribution in [3.05, 3.63) is 71.4 Å². The number of alkyl halides is 3. The van der Waals surface area contributed by atoms with Crippen LogP contribution < -0.4 is 10.6 Å². The highest BCUT2D eigenvalue weighted by Gasteiger charge is 2.34. The Labute approximate surface area is 198 Å². The van der Waals surface area contributed by atoms with Crippen LogP contribution >= 0.6 is 0 Å².